The van der Waals surface area contributed by atoms with Crippen molar-refractivity contribution >= 4 is 17.7 Å². The van der Waals surface area contributed by atoms with Crippen molar-refractivity contribution in [2.24, 2.45) is 0 Å². The zero-order valence-corrected chi connectivity index (χ0v) is 15.5. The Morgan fingerprint density at radius 2 is 2.04 bits per heavy atom. The third-order valence-electron chi connectivity index (χ3n) is 4.12. The molecule has 4 rings (SSSR count). The maximum atomic E-state index is 12.3. The average Bonchev–Trinajstić information content (AvgIpc) is 3.36. The number of benzene rings is 2. The van der Waals surface area contributed by atoms with Crippen LogP contribution in [-0.4, -0.2) is 33.6 Å². The first-order valence-electron chi connectivity index (χ1n) is 8.48. The molecule has 1 aliphatic heterocycles. The van der Waals surface area contributed by atoms with E-state index < -0.39 is 0 Å². The van der Waals surface area contributed by atoms with Crippen molar-refractivity contribution in [2.45, 2.75) is 18.1 Å². The molecule has 1 amide bonds. The Morgan fingerprint density at radius 1 is 1.22 bits per heavy atom. The van der Waals surface area contributed by atoms with Crippen LogP contribution in [0.15, 0.2) is 53.7 Å². The largest absolute Gasteiger partial charge is 0.454 e. The van der Waals surface area contributed by atoms with E-state index in [0.29, 0.717) is 16.7 Å². The fourth-order valence-corrected chi connectivity index (χ4v) is 3.32. The number of rotatable bonds is 6. The summed E-state index contributed by atoms with van der Waals surface area (Å²) in [6.07, 6.45) is 0. The standard InChI is InChI=1S/C19H18N4O3S/c1-12(14-7-8-15-16(9-14)26-11-25-15)20-17(24)10-27-19-21-18(22-23-19)13-5-3-2-4-6-13/h2-9,12H,10-11H2,1H3,(H,20,24)(H,21,22,23)/t12-/m1/s1. The average molecular weight is 382 g/mol. The first kappa shape index (κ1) is 17.4. The van der Waals surface area contributed by atoms with Crippen LogP contribution in [0.1, 0.15) is 18.5 Å². The van der Waals surface area contributed by atoms with E-state index in [2.05, 4.69) is 20.5 Å². The number of aromatic nitrogens is 3. The fourth-order valence-electron chi connectivity index (χ4n) is 2.72. The highest BCUT2D eigenvalue weighted by atomic mass is 32.2. The molecule has 0 fully saturated rings. The van der Waals surface area contributed by atoms with Gasteiger partial charge in [0.05, 0.1) is 11.8 Å². The normalized spacial score (nSPS) is 13.4. The molecule has 138 valence electrons. The van der Waals surface area contributed by atoms with Crippen LogP contribution in [0.5, 0.6) is 11.5 Å². The molecular formula is C19H18N4O3S. The lowest BCUT2D eigenvalue weighted by molar-refractivity contribution is -0.119. The molecule has 0 bridgehead atoms. The quantitative estimate of drug-likeness (QED) is 0.637. The van der Waals surface area contributed by atoms with Crippen molar-refractivity contribution in [1.82, 2.24) is 20.5 Å². The molecule has 27 heavy (non-hydrogen) atoms. The fraction of sp³-hybridized carbons (Fsp3) is 0.211. The van der Waals surface area contributed by atoms with Crippen LogP contribution in [-0.2, 0) is 4.79 Å². The Bertz CT molecular complexity index is 945. The number of aromatic amines is 1. The number of fused-ring (bicyclic) bond motifs is 1. The predicted octanol–water partition coefficient (Wildman–Crippen LogP) is 3.17. The molecule has 1 aromatic heterocycles. The van der Waals surface area contributed by atoms with Crippen LogP contribution >= 0.6 is 11.8 Å². The van der Waals surface area contributed by atoms with E-state index in [1.807, 2.05) is 55.5 Å². The van der Waals surface area contributed by atoms with Gasteiger partial charge >= 0.3 is 0 Å². The van der Waals surface area contributed by atoms with Gasteiger partial charge in [0.2, 0.25) is 17.9 Å². The van der Waals surface area contributed by atoms with Crippen LogP contribution in [0, 0.1) is 0 Å². The molecule has 0 unspecified atom stereocenters. The van der Waals surface area contributed by atoms with E-state index in [4.69, 9.17) is 9.47 Å². The van der Waals surface area contributed by atoms with Gasteiger partial charge in [-0.1, -0.05) is 48.2 Å². The number of H-pyrrole nitrogens is 1. The summed E-state index contributed by atoms with van der Waals surface area (Å²) in [4.78, 5) is 16.7. The molecule has 1 aliphatic rings. The van der Waals surface area contributed by atoms with Crippen LogP contribution < -0.4 is 14.8 Å². The number of hydrogen-bond acceptors (Lipinski definition) is 6. The second-order valence-electron chi connectivity index (χ2n) is 6.02. The second kappa shape index (κ2) is 7.71. The van der Waals surface area contributed by atoms with Gasteiger partial charge in [0.1, 0.15) is 0 Å². The highest BCUT2D eigenvalue weighted by Crippen LogP contribution is 2.34. The van der Waals surface area contributed by atoms with Gasteiger partial charge in [-0.15, -0.1) is 5.10 Å². The van der Waals surface area contributed by atoms with Gasteiger partial charge in [0.25, 0.3) is 0 Å². The van der Waals surface area contributed by atoms with Crippen molar-refractivity contribution in [1.29, 1.82) is 0 Å². The number of carbonyl (C=O) groups excluding carboxylic acids is 1. The van der Waals surface area contributed by atoms with E-state index in [1.165, 1.54) is 11.8 Å². The smallest absolute Gasteiger partial charge is 0.231 e. The number of thioether (sulfide) groups is 1. The lowest BCUT2D eigenvalue weighted by Crippen LogP contribution is -2.28. The maximum absolute atomic E-state index is 12.3. The molecule has 3 aromatic rings. The topological polar surface area (TPSA) is 89.1 Å². The summed E-state index contributed by atoms with van der Waals surface area (Å²) in [6, 6.07) is 15.3. The monoisotopic (exact) mass is 382 g/mol. The van der Waals surface area contributed by atoms with Crippen LogP contribution in [0.4, 0.5) is 0 Å². The lowest BCUT2D eigenvalue weighted by Gasteiger charge is -2.14. The summed E-state index contributed by atoms with van der Waals surface area (Å²) < 4.78 is 10.7. The molecule has 0 radical (unpaired) electrons. The Morgan fingerprint density at radius 3 is 2.89 bits per heavy atom. The third kappa shape index (κ3) is 4.06. The highest BCUT2D eigenvalue weighted by Gasteiger charge is 2.17. The van der Waals surface area contributed by atoms with Gasteiger partial charge in [0, 0.05) is 5.56 Å². The molecule has 7 nitrogen and oxygen atoms in total. The zero-order valence-electron chi connectivity index (χ0n) is 14.6. The second-order valence-corrected chi connectivity index (χ2v) is 6.97. The number of hydrogen-bond donors (Lipinski definition) is 2. The highest BCUT2D eigenvalue weighted by molar-refractivity contribution is 7.99. The van der Waals surface area contributed by atoms with Crippen LogP contribution in [0.3, 0.4) is 0 Å². The lowest BCUT2D eigenvalue weighted by atomic mass is 10.1. The van der Waals surface area contributed by atoms with Crippen molar-refractivity contribution in [2.75, 3.05) is 12.5 Å². The summed E-state index contributed by atoms with van der Waals surface area (Å²) in [5, 5.41) is 10.6. The Balaban J connectivity index is 1.31. The summed E-state index contributed by atoms with van der Waals surface area (Å²) >= 11 is 1.29. The minimum atomic E-state index is -0.139. The molecule has 2 heterocycles. The van der Waals surface area contributed by atoms with E-state index in [0.717, 1.165) is 16.9 Å². The zero-order chi connectivity index (χ0) is 18.6. The first-order chi connectivity index (χ1) is 13.2. The molecule has 0 saturated carbocycles. The first-order valence-corrected chi connectivity index (χ1v) is 9.47. The number of nitrogens with one attached hydrogen (secondary N) is 2. The van der Waals surface area contributed by atoms with Crippen molar-refractivity contribution < 1.29 is 14.3 Å². The molecule has 2 aromatic carbocycles. The molecule has 0 aliphatic carbocycles. The van der Waals surface area contributed by atoms with Gasteiger partial charge in [-0.25, -0.2) is 4.98 Å². The Labute approximate surface area is 160 Å². The molecule has 2 N–H and O–H groups in total. The number of carbonyl (C=O) groups is 1. The maximum Gasteiger partial charge on any atom is 0.231 e. The molecule has 1 atom stereocenters. The number of ether oxygens (including phenoxy) is 2. The summed E-state index contributed by atoms with van der Waals surface area (Å²) in [5.41, 5.74) is 1.92. The van der Waals surface area contributed by atoms with Gasteiger partial charge < -0.3 is 14.8 Å². The minimum Gasteiger partial charge on any atom is -0.454 e. The molecule has 0 saturated heterocycles. The summed E-state index contributed by atoms with van der Waals surface area (Å²) in [5.74, 6) is 2.27. The van der Waals surface area contributed by atoms with Gasteiger partial charge in [0.15, 0.2) is 17.3 Å². The van der Waals surface area contributed by atoms with Gasteiger partial charge in [-0.3, -0.25) is 9.89 Å². The Hall–Kier alpha value is -3.00. The number of amides is 1. The van der Waals surface area contributed by atoms with Crippen molar-refractivity contribution in [3.05, 3.63) is 54.1 Å². The summed E-state index contributed by atoms with van der Waals surface area (Å²) in [6.45, 7) is 2.16. The predicted molar refractivity (Wildman–Crippen MR) is 102 cm³/mol. The minimum absolute atomic E-state index is 0.0868. The third-order valence-corrected chi connectivity index (χ3v) is 4.97. The van der Waals surface area contributed by atoms with Crippen LogP contribution in [0.2, 0.25) is 0 Å². The van der Waals surface area contributed by atoms with Crippen molar-refractivity contribution in [3.8, 4) is 22.9 Å². The van der Waals surface area contributed by atoms with Crippen LogP contribution in [0.25, 0.3) is 11.4 Å². The summed E-state index contributed by atoms with van der Waals surface area (Å²) in [7, 11) is 0. The number of nitrogens with zero attached hydrogens (tertiary/aromatic N) is 2. The van der Waals surface area contributed by atoms with E-state index in [1.54, 1.807) is 0 Å². The molecular weight excluding hydrogens is 364 g/mol. The molecule has 8 heteroatoms. The SMILES string of the molecule is C[C@@H](NC(=O)CSc1n[nH]c(-c2ccccc2)n1)c1ccc2c(c1)OCO2. The van der Waals surface area contributed by atoms with E-state index >= 15 is 0 Å². The van der Waals surface area contributed by atoms with Gasteiger partial charge in [-0.05, 0) is 24.6 Å². The van der Waals surface area contributed by atoms with E-state index in [-0.39, 0.29) is 24.5 Å². The van der Waals surface area contributed by atoms with E-state index in [9.17, 15) is 4.79 Å². The Kier molecular flexibility index (Phi) is 4.97. The van der Waals surface area contributed by atoms with Gasteiger partial charge in [-0.2, -0.15) is 0 Å². The van der Waals surface area contributed by atoms with Crippen molar-refractivity contribution in [3.63, 3.8) is 0 Å². The molecule has 0 spiro atoms.